The first kappa shape index (κ1) is 59.6. The van der Waals surface area contributed by atoms with Gasteiger partial charge in [0.1, 0.15) is 30.2 Å². The Bertz CT molecular complexity index is 2390. The topological polar surface area (TPSA) is 336 Å². The number of carbonyl (C=O) groups is 10. The van der Waals surface area contributed by atoms with Crippen molar-refractivity contribution >= 4 is 59.3 Å². The summed E-state index contributed by atoms with van der Waals surface area (Å²) in [5.41, 5.74) is 1.70. The van der Waals surface area contributed by atoms with E-state index in [1.165, 1.54) is 0 Å². The minimum absolute atomic E-state index is 0.0401. The lowest BCUT2D eigenvalue weighted by Gasteiger charge is -2.34. The van der Waals surface area contributed by atoms with E-state index in [1.807, 2.05) is 19.9 Å². The van der Waals surface area contributed by atoms with Gasteiger partial charge in [-0.25, -0.2) is 0 Å². The van der Waals surface area contributed by atoms with Gasteiger partial charge in [-0.15, -0.1) is 0 Å². The molecule has 3 aromatic rings. The van der Waals surface area contributed by atoms with Gasteiger partial charge in [-0.3, -0.25) is 47.9 Å². The van der Waals surface area contributed by atoms with Crippen LogP contribution in [0.15, 0.2) is 84.9 Å². The third-order valence-electron chi connectivity index (χ3n) is 11.5. The van der Waals surface area contributed by atoms with E-state index in [0.717, 1.165) is 5.56 Å². The molecule has 0 aliphatic carbocycles. The fraction of sp³-hybridized carbons (Fsp3) is 0.462. The number of nitrogens with one attached hydrogen (secondary N) is 7. The lowest BCUT2D eigenvalue weighted by atomic mass is 9.85. The molecule has 11 N–H and O–H groups in total. The third-order valence-corrected chi connectivity index (χ3v) is 11.5. The van der Waals surface area contributed by atoms with Gasteiger partial charge in [-0.2, -0.15) is 0 Å². The van der Waals surface area contributed by atoms with Crippen molar-refractivity contribution in [2.24, 2.45) is 11.3 Å². The number of amides is 7. The number of aliphatic hydroxyl groups excluding tert-OH is 1. The second-order valence-electron chi connectivity index (χ2n) is 19.2. The molecule has 73 heavy (non-hydrogen) atoms. The Morgan fingerprint density at radius 1 is 0.521 bits per heavy atom. The Morgan fingerprint density at radius 3 is 1.60 bits per heavy atom. The molecule has 0 radical (unpaired) electrons. The minimum Gasteiger partial charge on any atom is -0.481 e. The number of hydrogen-bond acceptors (Lipinski definition) is 11. The fourth-order valence-electron chi connectivity index (χ4n) is 7.56. The molecule has 0 saturated carbocycles. The molecule has 0 saturated heterocycles. The smallest absolute Gasteiger partial charge is 0.305 e. The highest BCUT2D eigenvalue weighted by molar-refractivity contribution is 5.98. The van der Waals surface area contributed by atoms with Gasteiger partial charge in [0, 0.05) is 25.8 Å². The van der Waals surface area contributed by atoms with E-state index in [-0.39, 0.29) is 31.7 Å². The summed E-state index contributed by atoms with van der Waals surface area (Å²) in [6.45, 7) is 10.4. The maximum Gasteiger partial charge on any atom is 0.305 e. The molecule has 0 aromatic heterocycles. The second-order valence-corrected chi connectivity index (χ2v) is 19.2. The SMILES string of the molecule is Cc1ccccc1C[C@H](NC(=O)[C@H](CCC(=O)O)NC(=O)[C@H](CC(=O)O)NC(=O)CCC(=O)O)C(=O)N[C@H](C(=O)N[C@@H](CC(C)C)C(=O)NC(Cc1ccccc1)C(O)C(=O)NCc1ccccc1)C(C)(C)C. The van der Waals surface area contributed by atoms with Crippen molar-refractivity contribution in [1.29, 1.82) is 0 Å². The van der Waals surface area contributed by atoms with E-state index in [0.29, 0.717) is 16.7 Å². The van der Waals surface area contributed by atoms with Crippen LogP contribution < -0.4 is 37.2 Å². The third kappa shape index (κ3) is 21.3. The van der Waals surface area contributed by atoms with Crippen molar-refractivity contribution in [2.45, 2.75) is 142 Å². The Balaban J connectivity index is 1.94. The molecule has 0 heterocycles. The summed E-state index contributed by atoms with van der Waals surface area (Å²) in [7, 11) is 0. The molecule has 21 heteroatoms. The van der Waals surface area contributed by atoms with Crippen LogP contribution in [0.1, 0.15) is 95.4 Å². The number of aliphatic hydroxyl groups is 1. The number of carboxylic acids is 3. The van der Waals surface area contributed by atoms with Crippen molar-refractivity contribution in [2.75, 3.05) is 0 Å². The van der Waals surface area contributed by atoms with Gasteiger partial charge < -0.3 is 57.6 Å². The number of aryl methyl sites for hydroxylation is 1. The van der Waals surface area contributed by atoms with Gasteiger partial charge in [0.2, 0.25) is 35.4 Å². The summed E-state index contributed by atoms with van der Waals surface area (Å²) in [4.78, 5) is 131. The molecular weight excluding hydrogens is 947 g/mol. The largest absolute Gasteiger partial charge is 0.481 e. The molecule has 3 aromatic carbocycles. The molecule has 2 unspecified atom stereocenters. The first-order valence-electron chi connectivity index (χ1n) is 23.9. The van der Waals surface area contributed by atoms with Crippen molar-refractivity contribution in [1.82, 2.24) is 37.2 Å². The van der Waals surface area contributed by atoms with Gasteiger partial charge in [0.25, 0.3) is 5.91 Å². The van der Waals surface area contributed by atoms with Crippen LogP contribution in [0.5, 0.6) is 0 Å². The summed E-state index contributed by atoms with van der Waals surface area (Å²) in [5.74, 6) is -10.9. The van der Waals surface area contributed by atoms with E-state index in [1.54, 1.807) is 107 Å². The summed E-state index contributed by atoms with van der Waals surface area (Å²) < 4.78 is 0. The van der Waals surface area contributed by atoms with Crippen LogP contribution in [-0.4, -0.2) is 122 Å². The number of aliphatic carboxylic acids is 3. The molecular formula is C52H69N7O14. The van der Waals surface area contributed by atoms with E-state index in [2.05, 4.69) is 37.2 Å². The lowest BCUT2D eigenvalue weighted by Crippen LogP contribution is -2.62. The molecule has 3 rings (SSSR count). The van der Waals surface area contributed by atoms with Crippen molar-refractivity contribution < 1.29 is 68.4 Å². The number of hydrogen-bond donors (Lipinski definition) is 11. The molecule has 0 aliphatic heterocycles. The summed E-state index contributed by atoms with van der Waals surface area (Å²) >= 11 is 0. The maximum absolute atomic E-state index is 14.5. The molecule has 0 aliphatic rings. The van der Waals surface area contributed by atoms with Crippen LogP contribution in [-0.2, 0) is 67.3 Å². The normalized spacial score (nSPS) is 14.1. The quantitative estimate of drug-likeness (QED) is 0.0472. The van der Waals surface area contributed by atoms with Crippen LogP contribution in [0.25, 0.3) is 0 Å². The van der Waals surface area contributed by atoms with Crippen LogP contribution in [0.3, 0.4) is 0 Å². The highest BCUT2D eigenvalue weighted by Crippen LogP contribution is 2.22. The first-order chi connectivity index (χ1) is 34.3. The molecule has 0 fully saturated rings. The zero-order valence-electron chi connectivity index (χ0n) is 41.9. The number of carboxylic acid groups (broad SMARTS) is 3. The average Bonchev–Trinajstić information content (AvgIpc) is 3.32. The zero-order chi connectivity index (χ0) is 54.4. The predicted molar refractivity (Wildman–Crippen MR) is 266 cm³/mol. The Morgan fingerprint density at radius 2 is 1.04 bits per heavy atom. The standard InChI is InChI=1S/C52H69N7O14/c1-30(2)25-37(47(69)56-36(26-32-16-9-7-10-17-32)44(67)50(72)53-29-33-18-11-8-12-19-33)58-51(73)45(52(4,5)6)59-49(71)38(27-34-20-14-13-15-31(34)3)57-46(68)35(21-23-41(61)62)55-48(70)39(28-43(65)66)54-40(60)22-24-42(63)64/h7-20,30,35-39,44-45,67H,21-29H2,1-6H3,(H,53,72)(H,54,60)(H,55,70)(H,56,69)(H,57,68)(H,58,73)(H,59,71)(H,61,62)(H,63,64)(H,65,66)/t35-,36?,37-,38-,39-,44?,45+/m0/s1. The van der Waals surface area contributed by atoms with Crippen molar-refractivity contribution in [3.8, 4) is 0 Å². The first-order valence-corrected chi connectivity index (χ1v) is 23.9. The van der Waals surface area contributed by atoms with Crippen molar-refractivity contribution in [3.63, 3.8) is 0 Å². The zero-order valence-corrected chi connectivity index (χ0v) is 41.9. The van der Waals surface area contributed by atoms with Crippen molar-refractivity contribution in [3.05, 3.63) is 107 Å². The Kier molecular flexibility index (Phi) is 23.7. The van der Waals surface area contributed by atoms with Gasteiger partial charge in [-0.05, 0) is 59.8 Å². The summed E-state index contributed by atoms with van der Waals surface area (Å²) in [6, 6.07) is 15.9. The Hall–Kier alpha value is -7.68. The van der Waals surface area contributed by atoms with Crippen LogP contribution in [0, 0.1) is 18.3 Å². The second kappa shape index (κ2) is 29.0. The van der Waals surface area contributed by atoms with Gasteiger partial charge in [0.15, 0.2) is 6.10 Å². The predicted octanol–water partition coefficient (Wildman–Crippen LogP) is 1.66. The molecule has 7 amide bonds. The average molecular weight is 1020 g/mol. The van der Waals surface area contributed by atoms with E-state index >= 15 is 0 Å². The van der Waals surface area contributed by atoms with Crippen LogP contribution in [0.4, 0.5) is 0 Å². The Labute approximate surface area is 424 Å². The number of benzene rings is 3. The minimum atomic E-state index is -1.82. The highest BCUT2D eigenvalue weighted by Gasteiger charge is 2.39. The molecule has 21 nitrogen and oxygen atoms in total. The summed E-state index contributed by atoms with van der Waals surface area (Å²) in [5, 5.41) is 57.3. The van der Waals surface area contributed by atoms with E-state index in [4.69, 9.17) is 5.11 Å². The monoisotopic (exact) mass is 1020 g/mol. The fourth-order valence-corrected chi connectivity index (χ4v) is 7.56. The maximum atomic E-state index is 14.5. The van der Waals surface area contributed by atoms with Gasteiger partial charge >= 0.3 is 17.9 Å². The highest BCUT2D eigenvalue weighted by atomic mass is 16.4. The molecule has 7 atom stereocenters. The lowest BCUT2D eigenvalue weighted by molar-refractivity contribution is -0.142. The summed E-state index contributed by atoms with van der Waals surface area (Å²) in [6.07, 6.45) is -5.26. The van der Waals surface area contributed by atoms with Crippen LogP contribution >= 0.6 is 0 Å². The van der Waals surface area contributed by atoms with E-state index < -0.39 is 139 Å². The van der Waals surface area contributed by atoms with Gasteiger partial charge in [-0.1, -0.05) is 120 Å². The molecule has 0 bridgehead atoms. The van der Waals surface area contributed by atoms with Crippen LogP contribution in [0.2, 0.25) is 0 Å². The van der Waals surface area contributed by atoms with Gasteiger partial charge in [0.05, 0.1) is 18.9 Å². The number of carbonyl (C=O) groups excluding carboxylic acids is 7. The molecule has 396 valence electrons. The number of rotatable bonds is 29. The van der Waals surface area contributed by atoms with E-state index in [9.17, 15) is 63.3 Å². The molecule has 0 spiro atoms.